The highest BCUT2D eigenvalue weighted by atomic mass is 16.4. The number of rotatable bonds is 36. The van der Waals surface area contributed by atoms with E-state index in [9.17, 15) is 9.90 Å². The fourth-order valence-corrected chi connectivity index (χ4v) is 6.22. The number of hydrogen-bond acceptors (Lipinski definition) is 1. The zero-order valence-electron chi connectivity index (χ0n) is 29.6. The molecule has 254 valence electrons. The van der Waals surface area contributed by atoms with Crippen molar-refractivity contribution in [3.63, 3.8) is 0 Å². The number of carboxylic acids is 1. The topological polar surface area (TPSA) is 37.3 Å². The number of aliphatic carboxylic acids is 1. The van der Waals surface area contributed by atoms with Crippen LogP contribution in [0.25, 0.3) is 0 Å². The first kappa shape index (κ1) is 42.0. The third-order valence-corrected chi connectivity index (χ3v) is 9.23. The predicted molar refractivity (Wildman–Crippen MR) is 193 cm³/mol. The van der Waals surface area contributed by atoms with Gasteiger partial charge in [-0.3, -0.25) is 0 Å². The lowest BCUT2D eigenvalue weighted by Gasteiger charge is -2.04. The highest BCUT2D eigenvalue weighted by Crippen LogP contribution is 2.17. The summed E-state index contributed by atoms with van der Waals surface area (Å²) in [5.41, 5.74) is 0.577. The van der Waals surface area contributed by atoms with E-state index in [1.807, 2.05) is 12.2 Å². The lowest BCUT2D eigenvalue weighted by Crippen LogP contribution is -2.00. The van der Waals surface area contributed by atoms with Crippen LogP contribution >= 0.6 is 0 Å². The summed E-state index contributed by atoms with van der Waals surface area (Å²) in [5.74, 6) is -0.743. The summed E-state index contributed by atoms with van der Waals surface area (Å²) in [4.78, 5) is 11.6. The maximum atomic E-state index is 11.6. The van der Waals surface area contributed by atoms with Crippen LogP contribution in [-0.2, 0) is 4.79 Å². The minimum Gasteiger partial charge on any atom is -0.478 e. The molecule has 0 aromatic carbocycles. The molecule has 0 fully saturated rings. The van der Waals surface area contributed by atoms with Crippen LogP contribution in [0.1, 0.15) is 232 Å². The van der Waals surface area contributed by atoms with Crippen LogP contribution in [0.2, 0.25) is 0 Å². The first-order valence-electron chi connectivity index (χ1n) is 19.8. The van der Waals surface area contributed by atoms with Gasteiger partial charge in [0.15, 0.2) is 0 Å². The largest absolute Gasteiger partial charge is 0.478 e. The molecule has 0 aliphatic carbocycles. The SMILES string of the molecule is CCCCCCCCCCCCCCCC=CC=C(CCCCCCCCCCCCCCCCCCCCC)C(=O)O. The molecule has 0 unspecified atom stereocenters. The highest BCUT2D eigenvalue weighted by molar-refractivity contribution is 5.86. The Morgan fingerprint density at radius 2 is 0.698 bits per heavy atom. The van der Waals surface area contributed by atoms with Crippen LogP contribution in [-0.4, -0.2) is 11.1 Å². The molecule has 0 aliphatic heterocycles. The van der Waals surface area contributed by atoms with Crippen LogP contribution in [0.4, 0.5) is 0 Å². The Hall–Kier alpha value is -1.05. The van der Waals surface area contributed by atoms with Gasteiger partial charge in [0.1, 0.15) is 0 Å². The predicted octanol–water partition coefficient (Wildman–Crippen LogP) is 14.9. The molecule has 0 atom stereocenters. The number of carbonyl (C=O) groups is 1. The van der Waals surface area contributed by atoms with Gasteiger partial charge >= 0.3 is 5.97 Å². The lowest BCUT2D eigenvalue weighted by atomic mass is 10.0. The van der Waals surface area contributed by atoms with E-state index in [2.05, 4.69) is 19.9 Å². The van der Waals surface area contributed by atoms with Gasteiger partial charge in [-0.1, -0.05) is 225 Å². The molecule has 0 saturated carbocycles. The first-order chi connectivity index (χ1) is 21.2. The smallest absolute Gasteiger partial charge is 0.331 e. The summed E-state index contributed by atoms with van der Waals surface area (Å²) >= 11 is 0. The van der Waals surface area contributed by atoms with Crippen LogP contribution in [0.3, 0.4) is 0 Å². The molecule has 0 aromatic rings. The third-order valence-electron chi connectivity index (χ3n) is 9.23. The minimum absolute atomic E-state index is 0.577. The van der Waals surface area contributed by atoms with Gasteiger partial charge in [0.25, 0.3) is 0 Å². The maximum absolute atomic E-state index is 11.6. The molecule has 43 heavy (non-hydrogen) atoms. The van der Waals surface area contributed by atoms with Crippen LogP contribution < -0.4 is 0 Å². The quantitative estimate of drug-likeness (QED) is 0.0440. The summed E-state index contributed by atoms with van der Waals surface area (Å²) in [6.07, 6.45) is 51.8. The number of allylic oxidation sites excluding steroid dienone is 3. The van der Waals surface area contributed by atoms with Crippen molar-refractivity contribution in [2.24, 2.45) is 0 Å². The average molecular weight is 603 g/mol. The molecule has 0 aromatic heterocycles. The zero-order valence-corrected chi connectivity index (χ0v) is 29.6. The van der Waals surface area contributed by atoms with Gasteiger partial charge in [0.2, 0.25) is 0 Å². The van der Waals surface area contributed by atoms with Gasteiger partial charge < -0.3 is 5.11 Å². The van der Waals surface area contributed by atoms with E-state index in [1.54, 1.807) is 0 Å². The second-order valence-electron chi connectivity index (χ2n) is 13.6. The summed E-state index contributed by atoms with van der Waals surface area (Å²) in [7, 11) is 0. The molecule has 0 bridgehead atoms. The van der Waals surface area contributed by atoms with Crippen molar-refractivity contribution in [3.05, 3.63) is 23.8 Å². The van der Waals surface area contributed by atoms with Crippen molar-refractivity contribution in [1.82, 2.24) is 0 Å². The molecule has 2 nitrogen and oxygen atoms in total. The molecular formula is C41H78O2. The Labute approximate surface area is 271 Å². The molecule has 0 aliphatic rings. The van der Waals surface area contributed by atoms with E-state index in [0.717, 1.165) is 19.3 Å². The fraction of sp³-hybridized carbons (Fsp3) is 0.878. The molecule has 0 saturated heterocycles. The third kappa shape index (κ3) is 35.3. The number of unbranched alkanes of at least 4 members (excludes halogenated alkanes) is 31. The lowest BCUT2D eigenvalue weighted by molar-refractivity contribution is -0.132. The van der Waals surface area contributed by atoms with E-state index in [0.29, 0.717) is 12.0 Å². The van der Waals surface area contributed by atoms with E-state index in [1.165, 1.54) is 193 Å². The summed E-state index contributed by atoms with van der Waals surface area (Å²) in [5, 5.41) is 9.55. The van der Waals surface area contributed by atoms with Gasteiger partial charge in [-0.2, -0.15) is 0 Å². The average Bonchev–Trinajstić information content (AvgIpc) is 3.00. The normalized spacial score (nSPS) is 12.1. The summed E-state index contributed by atoms with van der Waals surface area (Å²) in [6, 6.07) is 0. The molecule has 0 rings (SSSR count). The second kappa shape index (κ2) is 37.1. The Morgan fingerprint density at radius 3 is 1.00 bits per heavy atom. The van der Waals surface area contributed by atoms with Crippen LogP contribution in [0.5, 0.6) is 0 Å². The van der Waals surface area contributed by atoms with Crippen LogP contribution in [0.15, 0.2) is 23.8 Å². The molecule has 1 N–H and O–H groups in total. The van der Waals surface area contributed by atoms with Crippen molar-refractivity contribution in [2.45, 2.75) is 232 Å². The van der Waals surface area contributed by atoms with Crippen molar-refractivity contribution in [3.8, 4) is 0 Å². The van der Waals surface area contributed by atoms with Gasteiger partial charge in [0, 0.05) is 5.57 Å². The minimum atomic E-state index is -0.743. The van der Waals surface area contributed by atoms with Gasteiger partial charge in [-0.15, -0.1) is 0 Å². The first-order valence-corrected chi connectivity index (χ1v) is 19.8. The second-order valence-corrected chi connectivity index (χ2v) is 13.6. The standard InChI is InChI=1S/C41H78O2/c1-3-5-7-9-11-13-15-17-19-21-22-23-25-27-29-31-33-35-37-39-40(41(42)43)38-36-34-32-30-28-26-24-20-18-16-14-12-10-8-6-4-2/h34,36,38H,3-33,35,37,39H2,1-2H3,(H,42,43). The summed E-state index contributed by atoms with van der Waals surface area (Å²) < 4.78 is 0. The molecule has 0 spiro atoms. The van der Waals surface area contributed by atoms with Crippen molar-refractivity contribution in [1.29, 1.82) is 0 Å². The van der Waals surface area contributed by atoms with Crippen molar-refractivity contribution < 1.29 is 9.90 Å². The van der Waals surface area contributed by atoms with E-state index < -0.39 is 5.97 Å². The van der Waals surface area contributed by atoms with E-state index >= 15 is 0 Å². The van der Waals surface area contributed by atoms with Gasteiger partial charge in [-0.05, 0) is 25.7 Å². The van der Waals surface area contributed by atoms with E-state index in [-0.39, 0.29) is 0 Å². The van der Waals surface area contributed by atoms with E-state index in [4.69, 9.17) is 0 Å². The Balaban J connectivity index is 3.49. The molecule has 0 amide bonds. The molecule has 0 radical (unpaired) electrons. The number of hydrogen-bond donors (Lipinski definition) is 1. The highest BCUT2D eigenvalue weighted by Gasteiger charge is 2.05. The van der Waals surface area contributed by atoms with Crippen LogP contribution in [0, 0.1) is 0 Å². The maximum Gasteiger partial charge on any atom is 0.331 e. The fourth-order valence-electron chi connectivity index (χ4n) is 6.22. The van der Waals surface area contributed by atoms with Crippen molar-refractivity contribution in [2.75, 3.05) is 0 Å². The van der Waals surface area contributed by atoms with Gasteiger partial charge in [-0.25, -0.2) is 4.79 Å². The number of carboxylic acid groups (broad SMARTS) is 1. The molecular weight excluding hydrogens is 524 g/mol. The Kier molecular flexibility index (Phi) is 36.2. The zero-order chi connectivity index (χ0) is 31.3. The monoisotopic (exact) mass is 603 g/mol. The van der Waals surface area contributed by atoms with Crippen molar-refractivity contribution >= 4 is 5.97 Å². The Morgan fingerprint density at radius 1 is 0.419 bits per heavy atom. The summed E-state index contributed by atoms with van der Waals surface area (Å²) in [6.45, 7) is 4.58. The molecule has 0 heterocycles. The Bertz CT molecular complexity index is 605. The molecule has 2 heteroatoms. The van der Waals surface area contributed by atoms with Gasteiger partial charge in [0.05, 0.1) is 0 Å².